The largest absolute Gasteiger partial charge is 0.301 e. The van der Waals surface area contributed by atoms with Crippen LogP contribution in [0.2, 0.25) is 0 Å². The van der Waals surface area contributed by atoms with Gasteiger partial charge in [-0.2, -0.15) is 0 Å². The normalized spacial score (nSPS) is 14.8. The van der Waals surface area contributed by atoms with E-state index in [1.54, 1.807) is 5.38 Å². The average molecular weight is 437 g/mol. The third-order valence-corrected chi connectivity index (χ3v) is 6.36. The average Bonchev–Trinajstić information content (AvgIpc) is 3.38. The van der Waals surface area contributed by atoms with Crippen molar-refractivity contribution in [2.75, 3.05) is 11.1 Å². The Morgan fingerprint density at radius 3 is 2.93 bits per heavy atom. The van der Waals surface area contributed by atoms with Crippen molar-refractivity contribution in [2.45, 2.75) is 43.3 Å². The van der Waals surface area contributed by atoms with Gasteiger partial charge in [0.25, 0.3) is 0 Å². The van der Waals surface area contributed by atoms with Crippen LogP contribution in [-0.4, -0.2) is 36.9 Å². The van der Waals surface area contributed by atoms with Gasteiger partial charge in [-0.3, -0.25) is 4.79 Å². The lowest BCUT2D eigenvalue weighted by Crippen LogP contribution is -2.17. The molecule has 0 atom stereocenters. The van der Waals surface area contributed by atoms with Gasteiger partial charge in [-0.25, -0.2) is 18.4 Å². The summed E-state index contributed by atoms with van der Waals surface area (Å²) in [5.74, 6) is -1.27. The van der Waals surface area contributed by atoms with E-state index in [9.17, 15) is 13.6 Å². The van der Waals surface area contributed by atoms with Gasteiger partial charge in [0.2, 0.25) is 11.1 Å². The van der Waals surface area contributed by atoms with Crippen LogP contribution in [0.4, 0.5) is 13.9 Å². The first-order valence-electron chi connectivity index (χ1n) is 9.21. The number of hydrogen-bond donors (Lipinski definition) is 1. The molecule has 4 rings (SSSR count). The topological polar surface area (TPSA) is 85.6 Å². The summed E-state index contributed by atoms with van der Waals surface area (Å²) in [4.78, 5) is 16.5. The number of carbonyl (C=O) groups is 1. The number of rotatable bonds is 6. The van der Waals surface area contributed by atoms with Gasteiger partial charge in [-0.05, 0) is 41.5 Å². The van der Waals surface area contributed by atoms with E-state index < -0.39 is 11.6 Å². The quantitative estimate of drug-likeness (QED) is 0.580. The summed E-state index contributed by atoms with van der Waals surface area (Å²) in [7, 11) is 0. The molecule has 1 aliphatic carbocycles. The number of tetrazole rings is 1. The predicted octanol–water partition coefficient (Wildman–Crippen LogP) is 4.31. The van der Waals surface area contributed by atoms with Crippen molar-refractivity contribution in [3.05, 3.63) is 35.2 Å². The fourth-order valence-electron chi connectivity index (χ4n) is 3.27. The van der Waals surface area contributed by atoms with Crippen LogP contribution in [-0.2, 0) is 4.79 Å². The minimum Gasteiger partial charge on any atom is -0.301 e. The molecule has 1 N–H and O–H groups in total. The summed E-state index contributed by atoms with van der Waals surface area (Å²) in [5.41, 5.74) is 0.332. The van der Waals surface area contributed by atoms with Gasteiger partial charge in [-0.15, -0.1) is 16.4 Å². The number of thiazole rings is 1. The lowest BCUT2D eigenvalue weighted by atomic mass is 9.96. The van der Waals surface area contributed by atoms with Crippen molar-refractivity contribution < 1.29 is 13.6 Å². The number of benzene rings is 1. The van der Waals surface area contributed by atoms with Gasteiger partial charge in [0, 0.05) is 10.9 Å². The van der Waals surface area contributed by atoms with Crippen LogP contribution >= 0.6 is 23.1 Å². The summed E-state index contributed by atoms with van der Waals surface area (Å²) in [6.07, 6.45) is 5.65. The summed E-state index contributed by atoms with van der Waals surface area (Å²) < 4.78 is 29.1. The third-order valence-electron chi connectivity index (χ3n) is 4.67. The van der Waals surface area contributed by atoms with Crippen molar-refractivity contribution >= 4 is 34.1 Å². The molecule has 2 heterocycles. The SMILES string of the molecule is O=C(CSc1nnnn1C1CCCCC1)Nc1nc(-c2cc(F)ccc2F)cs1. The molecule has 0 spiro atoms. The Labute approximate surface area is 173 Å². The Bertz CT molecular complexity index is 1000. The number of hydrogen-bond acceptors (Lipinski definition) is 7. The van der Waals surface area contributed by atoms with Gasteiger partial charge >= 0.3 is 0 Å². The zero-order valence-corrected chi connectivity index (χ0v) is 17.0. The van der Waals surface area contributed by atoms with E-state index in [0.29, 0.717) is 10.3 Å². The van der Waals surface area contributed by atoms with E-state index in [1.807, 2.05) is 4.68 Å². The molecule has 1 aliphatic rings. The van der Waals surface area contributed by atoms with Crippen molar-refractivity contribution in [1.82, 2.24) is 25.2 Å². The van der Waals surface area contributed by atoms with E-state index in [2.05, 4.69) is 25.8 Å². The molecule has 29 heavy (non-hydrogen) atoms. The molecule has 0 bridgehead atoms. The van der Waals surface area contributed by atoms with E-state index >= 15 is 0 Å². The zero-order chi connectivity index (χ0) is 20.2. The molecular weight excluding hydrogens is 418 g/mol. The second kappa shape index (κ2) is 8.95. The van der Waals surface area contributed by atoms with Gasteiger partial charge in [0.1, 0.15) is 11.6 Å². The first kappa shape index (κ1) is 19.9. The third kappa shape index (κ3) is 4.78. The maximum absolute atomic E-state index is 13.9. The Morgan fingerprint density at radius 2 is 2.10 bits per heavy atom. The van der Waals surface area contributed by atoms with Crippen LogP contribution in [0.1, 0.15) is 38.1 Å². The van der Waals surface area contributed by atoms with Crippen molar-refractivity contribution in [2.24, 2.45) is 0 Å². The molecule has 0 unspecified atom stereocenters. The minimum atomic E-state index is -0.570. The van der Waals surface area contributed by atoms with Gasteiger partial charge in [-0.1, -0.05) is 31.0 Å². The fourth-order valence-corrected chi connectivity index (χ4v) is 4.74. The molecular formula is C18H18F2N6OS2. The highest BCUT2D eigenvalue weighted by molar-refractivity contribution is 7.99. The van der Waals surface area contributed by atoms with Crippen LogP contribution in [0.15, 0.2) is 28.7 Å². The number of aromatic nitrogens is 5. The van der Waals surface area contributed by atoms with Crippen LogP contribution < -0.4 is 5.32 Å². The number of anilines is 1. The predicted molar refractivity (Wildman–Crippen MR) is 107 cm³/mol. The highest BCUT2D eigenvalue weighted by Gasteiger charge is 2.21. The van der Waals surface area contributed by atoms with E-state index in [1.165, 1.54) is 18.2 Å². The molecule has 1 fully saturated rings. The number of thioether (sulfide) groups is 1. The first-order valence-corrected chi connectivity index (χ1v) is 11.1. The summed E-state index contributed by atoms with van der Waals surface area (Å²) in [6.45, 7) is 0. The molecule has 0 radical (unpaired) electrons. The highest BCUT2D eigenvalue weighted by Crippen LogP contribution is 2.31. The Balaban J connectivity index is 1.36. The van der Waals surface area contributed by atoms with Crippen LogP contribution in [0.3, 0.4) is 0 Å². The summed E-state index contributed by atoms with van der Waals surface area (Å²) >= 11 is 2.41. The molecule has 152 valence electrons. The molecule has 1 aromatic carbocycles. The van der Waals surface area contributed by atoms with Crippen molar-refractivity contribution in [3.63, 3.8) is 0 Å². The molecule has 0 aliphatic heterocycles. The zero-order valence-electron chi connectivity index (χ0n) is 15.3. The van der Waals surface area contributed by atoms with Crippen LogP contribution in [0.25, 0.3) is 11.3 Å². The lowest BCUT2D eigenvalue weighted by molar-refractivity contribution is -0.113. The number of amides is 1. The van der Waals surface area contributed by atoms with Gasteiger partial charge in [0.15, 0.2) is 5.13 Å². The lowest BCUT2D eigenvalue weighted by Gasteiger charge is -2.21. The van der Waals surface area contributed by atoms with Crippen LogP contribution in [0.5, 0.6) is 0 Å². The molecule has 0 saturated heterocycles. The molecule has 1 amide bonds. The maximum Gasteiger partial charge on any atom is 0.236 e. The smallest absolute Gasteiger partial charge is 0.236 e. The number of nitrogens with one attached hydrogen (secondary N) is 1. The Morgan fingerprint density at radius 1 is 1.28 bits per heavy atom. The number of halogens is 2. The maximum atomic E-state index is 13.9. The van der Waals surface area contributed by atoms with Gasteiger partial charge in [0.05, 0.1) is 17.5 Å². The Kier molecular flexibility index (Phi) is 6.14. The fraction of sp³-hybridized carbons (Fsp3) is 0.389. The number of nitrogens with zero attached hydrogens (tertiary/aromatic N) is 5. The highest BCUT2D eigenvalue weighted by atomic mass is 32.2. The summed E-state index contributed by atoms with van der Waals surface area (Å²) in [6, 6.07) is 3.46. The van der Waals surface area contributed by atoms with Crippen molar-refractivity contribution in [1.29, 1.82) is 0 Å². The summed E-state index contributed by atoms with van der Waals surface area (Å²) in [5, 5.41) is 17.0. The van der Waals surface area contributed by atoms with E-state index in [4.69, 9.17) is 0 Å². The monoisotopic (exact) mass is 436 g/mol. The molecule has 2 aromatic heterocycles. The van der Waals surface area contributed by atoms with E-state index in [-0.39, 0.29) is 29.0 Å². The van der Waals surface area contributed by atoms with E-state index in [0.717, 1.165) is 55.2 Å². The van der Waals surface area contributed by atoms with Crippen LogP contribution in [0, 0.1) is 11.6 Å². The molecule has 11 heteroatoms. The molecule has 7 nitrogen and oxygen atoms in total. The Hall–Kier alpha value is -2.40. The standard InChI is InChI=1S/C18H18F2N6OS2/c19-11-6-7-14(20)13(8-11)15-9-28-17(21-15)22-16(27)10-29-18-23-24-25-26(18)12-4-2-1-3-5-12/h6-9,12H,1-5,10H2,(H,21,22,27). The number of carbonyl (C=O) groups excluding carboxylic acids is 1. The second-order valence-electron chi connectivity index (χ2n) is 6.70. The van der Waals surface area contributed by atoms with Crippen molar-refractivity contribution in [3.8, 4) is 11.3 Å². The first-order chi connectivity index (χ1) is 14.1. The molecule has 3 aromatic rings. The minimum absolute atomic E-state index is 0.0581. The second-order valence-corrected chi connectivity index (χ2v) is 8.50. The molecule has 1 saturated carbocycles. The van der Waals surface area contributed by atoms with Gasteiger partial charge < -0.3 is 5.32 Å².